The minimum Gasteiger partial charge on any atom is -0.466 e. The number of aliphatic hydroxyl groups excluding tert-OH is 2. The van der Waals surface area contributed by atoms with Crippen LogP contribution < -0.4 is 5.32 Å². The molecule has 6 nitrogen and oxygen atoms in total. The van der Waals surface area contributed by atoms with Crippen molar-refractivity contribution in [2.24, 2.45) is 0 Å². The number of unbranched alkanes of at least 4 members (excludes halogenated alkanes) is 49. The van der Waals surface area contributed by atoms with Crippen molar-refractivity contribution >= 4 is 11.9 Å². The molecule has 0 rings (SSSR count). The first kappa shape index (κ1) is 73.3. The molecule has 0 radical (unpaired) electrons. The van der Waals surface area contributed by atoms with Crippen LogP contribution in [0.2, 0.25) is 0 Å². The first-order valence-electron chi connectivity index (χ1n) is 34.1. The van der Waals surface area contributed by atoms with Crippen molar-refractivity contribution in [3.63, 3.8) is 0 Å². The molecule has 75 heavy (non-hydrogen) atoms. The second-order valence-corrected chi connectivity index (χ2v) is 23.5. The average molecular weight is 1060 g/mol. The Kier molecular flexibility index (Phi) is 63.4. The monoisotopic (exact) mass is 1060 g/mol. The van der Waals surface area contributed by atoms with E-state index >= 15 is 0 Å². The molecule has 1 amide bonds. The summed E-state index contributed by atoms with van der Waals surface area (Å²) >= 11 is 0. The first-order chi connectivity index (χ1) is 37.0. The molecule has 0 aromatic heterocycles. The Morgan fingerprint density at radius 3 is 0.947 bits per heavy atom. The number of nitrogens with one attached hydrogen (secondary N) is 1. The van der Waals surface area contributed by atoms with Crippen molar-refractivity contribution in [1.82, 2.24) is 5.32 Å². The zero-order chi connectivity index (χ0) is 54.3. The van der Waals surface area contributed by atoms with Crippen LogP contribution in [0.1, 0.15) is 380 Å². The second-order valence-electron chi connectivity index (χ2n) is 23.5. The maximum absolute atomic E-state index is 12.5. The Bertz CT molecular complexity index is 1170. The Morgan fingerprint density at radius 1 is 0.360 bits per heavy atom. The van der Waals surface area contributed by atoms with Gasteiger partial charge in [-0.05, 0) is 77.0 Å². The molecule has 0 aliphatic carbocycles. The summed E-state index contributed by atoms with van der Waals surface area (Å²) < 4.78 is 5.50. The molecular weight excluding hydrogens is 923 g/mol. The quantitative estimate of drug-likeness (QED) is 0.0320. The van der Waals surface area contributed by atoms with E-state index in [1.54, 1.807) is 0 Å². The molecule has 0 bridgehead atoms. The van der Waals surface area contributed by atoms with Crippen LogP contribution >= 0.6 is 0 Å². The van der Waals surface area contributed by atoms with Crippen LogP contribution in [0.15, 0.2) is 24.3 Å². The van der Waals surface area contributed by atoms with Gasteiger partial charge < -0.3 is 20.3 Å². The Balaban J connectivity index is 3.35. The summed E-state index contributed by atoms with van der Waals surface area (Å²) in [6.45, 7) is 4.97. The molecule has 0 saturated carbocycles. The molecule has 0 aliphatic rings. The van der Waals surface area contributed by atoms with E-state index in [2.05, 4.69) is 43.5 Å². The molecular formula is C69H133NO5. The van der Waals surface area contributed by atoms with Gasteiger partial charge >= 0.3 is 5.97 Å². The number of hydrogen-bond acceptors (Lipinski definition) is 5. The number of aliphatic hydroxyl groups is 2. The van der Waals surface area contributed by atoms with Gasteiger partial charge in [-0.15, -0.1) is 0 Å². The largest absolute Gasteiger partial charge is 0.466 e. The SMILES string of the molecule is CCCCCCCCC/C=C\CCCCCCCCCC(=O)OCCCCCCCCCCCCCC/C=C\CCCCCCCCCCCCCCC(=O)NC(CO)C(O)CCCCCCCCCCCCCC. The molecule has 0 aromatic carbocycles. The lowest BCUT2D eigenvalue weighted by atomic mass is 10.0. The highest BCUT2D eigenvalue weighted by Crippen LogP contribution is 2.18. The van der Waals surface area contributed by atoms with Gasteiger partial charge in [0.1, 0.15) is 0 Å². The summed E-state index contributed by atoms with van der Waals surface area (Å²) in [5.74, 6) is -0.0203. The molecule has 2 unspecified atom stereocenters. The summed E-state index contributed by atoms with van der Waals surface area (Å²) in [6.07, 6.45) is 80.8. The summed E-state index contributed by atoms with van der Waals surface area (Å²) in [4.78, 5) is 24.6. The number of hydrogen-bond donors (Lipinski definition) is 3. The van der Waals surface area contributed by atoms with Crippen molar-refractivity contribution in [3.05, 3.63) is 24.3 Å². The van der Waals surface area contributed by atoms with Gasteiger partial charge in [0.05, 0.1) is 25.4 Å². The van der Waals surface area contributed by atoms with Crippen LogP contribution in [0.5, 0.6) is 0 Å². The Morgan fingerprint density at radius 2 is 0.627 bits per heavy atom. The lowest BCUT2D eigenvalue weighted by Gasteiger charge is -2.22. The molecule has 6 heteroatoms. The highest BCUT2D eigenvalue weighted by molar-refractivity contribution is 5.76. The van der Waals surface area contributed by atoms with Gasteiger partial charge in [0.25, 0.3) is 0 Å². The number of carbonyl (C=O) groups is 2. The van der Waals surface area contributed by atoms with E-state index in [-0.39, 0.29) is 18.5 Å². The summed E-state index contributed by atoms with van der Waals surface area (Å²) in [5, 5.41) is 23.2. The van der Waals surface area contributed by atoms with Gasteiger partial charge in [-0.3, -0.25) is 9.59 Å². The number of carbonyl (C=O) groups excluding carboxylic acids is 2. The number of amides is 1. The fraction of sp³-hybridized carbons (Fsp3) is 0.913. The van der Waals surface area contributed by atoms with Crippen LogP contribution in [0.4, 0.5) is 0 Å². The Labute approximate surface area is 469 Å². The molecule has 0 spiro atoms. The molecule has 0 fully saturated rings. The van der Waals surface area contributed by atoms with Gasteiger partial charge in [0, 0.05) is 12.8 Å². The molecule has 3 N–H and O–H groups in total. The summed E-state index contributed by atoms with van der Waals surface area (Å²) in [6, 6.07) is -0.540. The summed E-state index contributed by atoms with van der Waals surface area (Å²) in [7, 11) is 0. The van der Waals surface area contributed by atoms with Crippen LogP contribution in [-0.2, 0) is 14.3 Å². The molecule has 0 saturated heterocycles. The van der Waals surface area contributed by atoms with Gasteiger partial charge in [-0.25, -0.2) is 0 Å². The Hall–Kier alpha value is -1.66. The smallest absolute Gasteiger partial charge is 0.305 e. The molecule has 0 aliphatic heterocycles. The number of esters is 1. The predicted octanol–water partition coefficient (Wildman–Crippen LogP) is 21.8. The lowest BCUT2D eigenvalue weighted by molar-refractivity contribution is -0.143. The molecule has 0 heterocycles. The minimum atomic E-state index is -0.663. The van der Waals surface area contributed by atoms with E-state index in [4.69, 9.17) is 4.74 Å². The fourth-order valence-electron chi connectivity index (χ4n) is 10.7. The van der Waals surface area contributed by atoms with Crippen molar-refractivity contribution in [2.45, 2.75) is 392 Å². The van der Waals surface area contributed by atoms with Gasteiger partial charge in [0.15, 0.2) is 0 Å². The van der Waals surface area contributed by atoms with E-state index < -0.39 is 12.1 Å². The van der Waals surface area contributed by atoms with E-state index in [1.165, 1.54) is 302 Å². The number of allylic oxidation sites excluding steroid dienone is 4. The van der Waals surface area contributed by atoms with E-state index in [1.807, 2.05) is 0 Å². The van der Waals surface area contributed by atoms with E-state index in [0.717, 1.165) is 44.9 Å². The zero-order valence-corrected chi connectivity index (χ0v) is 50.8. The zero-order valence-electron chi connectivity index (χ0n) is 50.8. The van der Waals surface area contributed by atoms with E-state index in [9.17, 15) is 19.8 Å². The van der Waals surface area contributed by atoms with Gasteiger partial charge in [0.2, 0.25) is 5.91 Å². The van der Waals surface area contributed by atoms with Crippen LogP contribution in [0, 0.1) is 0 Å². The predicted molar refractivity (Wildman–Crippen MR) is 329 cm³/mol. The molecule has 0 aromatic rings. The van der Waals surface area contributed by atoms with Crippen molar-refractivity contribution < 1.29 is 24.5 Å². The third-order valence-corrected chi connectivity index (χ3v) is 16.0. The minimum absolute atomic E-state index is 0.0135. The van der Waals surface area contributed by atoms with Crippen molar-refractivity contribution in [3.8, 4) is 0 Å². The summed E-state index contributed by atoms with van der Waals surface area (Å²) in [5.41, 5.74) is 0. The van der Waals surface area contributed by atoms with Crippen LogP contribution in [0.3, 0.4) is 0 Å². The number of rotatable bonds is 64. The van der Waals surface area contributed by atoms with Gasteiger partial charge in [-0.2, -0.15) is 0 Å². The highest BCUT2D eigenvalue weighted by Gasteiger charge is 2.20. The van der Waals surface area contributed by atoms with Crippen LogP contribution in [-0.4, -0.2) is 47.4 Å². The van der Waals surface area contributed by atoms with Crippen molar-refractivity contribution in [1.29, 1.82) is 0 Å². The van der Waals surface area contributed by atoms with Crippen LogP contribution in [0.25, 0.3) is 0 Å². The topological polar surface area (TPSA) is 95.9 Å². The fourth-order valence-corrected chi connectivity index (χ4v) is 10.7. The maximum atomic E-state index is 12.5. The normalized spacial score (nSPS) is 12.6. The number of ether oxygens (including phenoxy) is 1. The first-order valence-corrected chi connectivity index (χ1v) is 34.1. The van der Waals surface area contributed by atoms with E-state index in [0.29, 0.717) is 25.9 Å². The lowest BCUT2D eigenvalue weighted by Crippen LogP contribution is -2.45. The van der Waals surface area contributed by atoms with Gasteiger partial charge in [-0.1, -0.05) is 314 Å². The molecule has 444 valence electrons. The third-order valence-electron chi connectivity index (χ3n) is 16.0. The van der Waals surface area contributed by atoms with Crippen molar-refractivity contribution in [2.75, 3.05) is 13.2 Å². The maximum Gasteiger partial charge on any atom is 0.305 e. The standard InChI is InChI=1S/C69H133NO5/c1-3-5-7-9-11-13-15-17-18-19-33-36-39-43-47-51-55-59-63-69(74)75-64-60-56-52-48-44-40-37-34-31-29-27-25-23-21-20-22-24-26-28-30-32-35-38-42-46-50-54-58-62-68(73)70-66(65-71)67(72)61-57-53-49-45-41-16-14-12-10-8-6-4-2/h18-21,66-67,71-72H,3-17,22-65H2,1-2H3,(H,70,73)/b19-18-,21-20-. The third kappa shape index (κ3) is 61.4. The second kappa shape index (κ2) is 64.9. The average Bonchev–Trinajstić information content (AvgIpc) is 3.41. The molecule has 2 atom stereocenters. The highest BCUT2D eigenvalue weighted by atomic mass is 16.5.